The Morgan fingerprint density at radius 1 is 1.31 bits per heavy atom. The summed E-state index contributed by atoms with van der Waals surface area (Å²) in [4.78, 5) is 44.8. The van der Waals surface area contributed by atoms with Crippen LogP contribution in [0.5, 0.6) is 0 Å². The third-order valence-electron chi connectivity index (χ3n) is 4.37. The highest BCUT2D eigenvalue weighted by Gasteiger charge is 2.38. The highest BCUT2D eigenvalue weighted by molar-refractivity contribution is 6.05. The zero-order chi connectivity index (χ0) is 22.7. The maximum Gasteiger partial charge on any atom is 0.264 e. The number of carbonyl (C=O) groups excluding carboxylic acids is 4. The molecule has 0 radical (unpaired) electrons. The Kier molecular flexibility index (Phi) is 11.6. The molecule has 0 bridgehead atoms. The predicted molar refractivity (Wildman–Crippen MR) is 106 cm³/mol. The van der Waals surface area contributed by atoms with Gasteiger partial charge in [-0.3, -0.25) is 29.5 Å². The van der Waals surface area contributed by atoms with Crippen LogP contribution in [0.15, 0.2) is 0 Å². The van der Waals surface area contributed by atoms with Crippen molar-refractivity contribution in [2.24, 2.45) is 5.84 Å². The van der Waals surface area contributed by atoms with E-state index in [1.807, 2.05) is 27.7 Å². The van der Waals surface area contributed by atoms with E-state index in [1.54, 1.807) is 5.43 Å². The first-order valence-corrected chi connectivity index (χ1v) is 9.72. The third kappa shape index (κ3) is 10.9. The Bertz CT molecular complexity index is 569. The van der Waals surface area contributed by atoms with Gasteiger partial charge in [-0.15, -0.1) is 0 Å². The molecule has 1 fully saturated rings. The zero-order valence-electron chi connectivity index (χ0n) is 18.0. The molecular weight excluding hydrogens is 383 g/mol. The first kappa shape index (κ1) is 26.9. The summed E-state index contributed by atoms with van der Waals surface area (Å²) >= 11 is 0. The van der Waals surface area contributed by atoms with Crippen LogP contribution in [-0.4, -0.2) is 59.5 Å². The molecule has 1 aliphatic rings. The number of likely N-dealkylation sites (tertiary alicyclic amines) is 1. The summed E-state index contributed by atoms with van der Waals surface area (Å²) in [7, 11) is 0. The van der Waals surface area contributed by atoms with Crippen molar-refractivity contribution in [2.45, 2.75) is 84.0 Å². The van der Waals surface area contributed by atoms with Crippen LogP contribution in [0.2, 0.25) is 0 Å². The minimum atomic E-state index is -1.77. The van der Waals surface area contributed by atoms with Gasteiger partial charge >= 0.3 is 0 Å². The fourth-order valence-corrected chi connectivity index (χ4v) is 2.85. The molecule has 1 saturated heterocycles. The molecule has 1 aliphatic heterocycles. The summed E-state index contributed by atoms with van der Waals surface area (Å²) in [5.41, 5.74) is 1.09. The minimum Gasteiger partial charge on any atom is -0.375 e. The Morgan fingerprint density at radius 3 is 2.34 bits per heavy atom. The van der Waals surface area contributed by atoms with Gasteiger partial charge in [0, 0.05) is 25.1 Å². The molecule has 9 nitrogen and oxygen atoms in total. The molecule has 4 amide bonds. The molecule has 0 aliphatic carbocycles. The second kappa shape index (κ2) is 12.5. The highest BCUT2D eigenvalue weighted by atomic mass is 19.1. The number of halogens is 1. The van der Waals surface area contributed by atoms with Gasteiger partial charge < -0.3 is 10.1 Å². The van der Waals surface area contributed by atoms with Gasteiger partial charge in [-0.05, 0) is 40.5 Å². The Morgan fingerprint density at radius 2 is 1.90 bits per heavy atom. The SMILES string of the molecule is CCCC(C)(C)OCCC(C)(C)NC(=O)CCN1C(=O)CC(F)C1=O.NNC=O. The number of nitrogens with zero attached hydrogens (tertiary/aromatic N) is 1. The van der Waals surface area contributed by atoms with Crippen molar-refractivity contribution >= 4 is 24.1 Å². The van der Waals surface area contributed by atoms with Crippen molar-refractivity contribution < 1.29 is 28.3 Å². The van der Waals surface area contributed by atoms with Crippen molar-refractivity contribution in [1.82, 2.24) is 15.6 Å². The monoisotopic (exact) mass is 418 g/mol. The molecular formula is C19H35FN4O5. The minimum absolute atomic E-state index is 0.0319. The molecule has 0 spiro atoms. The lowest BCUT2D eigenvalue weighted by Crippen LogP contribution is -2.46. The summed E-state index contributed by atoms with van der Waals surface area (Å²) in [6, 6.07) is 0. The van der Waals surface area contributed by atoms with Crippen LogP contribution in [0, 0.1) is 0 Å². The topological polar surface area (TPSA) is 131 Å². The fraction of sp³-hybridized carbons (Fsp3) is 0.789. The second-order valence-electron chi connectivity index (χ2n) is 8.13. The van der Waals surface area contributed by atoms with Crippen LogP contribution in [-0.2, 0) is 23.9 Å². The van der Waals surface area contributed by atoms with E-state index in [2.05, 4.69) is 18.1 Å². The van der Waals surface area contributed by atoms with E-state index in [0.29, 0.717) is 19.4 Å². The summed E-state index contributed by atoms with van der Waals surface area (Å²) < 4.78 is 19.1. The summed E-state index contributed by atoms with van der Waals surface area (Å²) in [5.74, 6) is 2.73. The number of nitrogens with one attached hydrogen (secondary N) is 2. The van der Waals surface area contributed by atoms with Gasteiger partial charge in [-0.2, -0.15) is 0 Å². The number of rotatable bonds is 11. The molecule has 1 atom stereocenters. The van der Waals surface area contributed by atoms with E-state index in [0.717, 1.165) is 17.7 Å². The molecule has 0 aromatic heterocycles. The van der Waals surface area contributed by atoms with Crippen molar-refractivity contribution in [1.29, 1.82) is 0 Å². The highest BCUT2D eigenvalue weighted by Crippen LogP contribution is 2.19. The normalized spacial score (nSPS) is 16.9. The molecule has 0 aromatic carbocycles. The number of hydrogen-bond donors (Lipinski definition) is 3. The van der Waals surface area contributed by atoms with Crippen LogP contribution >= 0.6 is 0 Å². The van der Waals surface area contributed by atoms with Gasteiger partial charge in [0.05, 0.1) is 12.0 Å². The number of imide groups is 1. The quantitative estimate of drug-likeness (QED) is 0.151. The van der Waals surface area contributed by atoms with E-state index in [9.17, 15) is 18.8 Å². The molecule has 29 heavy (non-hydrogen) atoms. The number of nitrogens with two attached hydrogens (primary N) is 1. The molecule has 1 heterocycles. The molecule has 168 valence electrons. The van der Waals surface area contributed by atoms with Gasteiger partial charge in [-0.25, -0.2) is 10.2 Å². The molecule has 1 rings (SSSR count). The summed E-state index contributed by atoms with van der Waals surface area (Å²) in [5, 5.41) is 2.88. The van der Waals surface area contributed by atoms with Gasteiger partial charge in [-0.1, -0.05) is 13.3 Å². The zero-order valence-corrected chi connectivity index (χ0v) is 18.0. The van der Waals surface area contributed by atoms with Crippen LogP contribution in [0.1, 0.15) is 66.7 Å². The summed E-state index contributed by atoms with van der Waals surface area (Å²) in [6.45, 7) is 10.4. The third-order valence-corrected chi connectivity index (χ3v) is 4.37. The van der Waals surface area contributed by atoms with Gasteiger partial charge in [0.15, 0.2) is 6.17 Å². The van der Waals surface area contributed by atoms with E-state index < -0.39 is 29.9 Å². The first-order valence-electron chi connectivity index (χ1n) is 9.72. The average Bonchev–Trinajstić information content (AvgIpc) is 2.84. The maximum absolute atomic E-state index is 13.2. The number of carbonyl (C=O) groups is 4. The Hall–Kier alpha value is -2.07. The van der Waals surface area contributed by atoms with Gasteiger partial charge in [0.1, 0.15) is 0 Å². The lowest BCUT2D eigenvalue weighted by molar-refractivity contribution is -0.140. The van der Waals surface area contributed by atoms with Crippen LogP contribution < -0.4 is 16.6 Å². The molecule has 10 heteroatoms. The van der Waals surface area contributed by atoms with E-state index >= 15 is 0 Å². The number of hydrogen-bond acceptors (Lipinski definition) is 6. The average molecular weight is 419 g/mol. The molecule has 4 N–H and O–H groups in total. The van der Waals surface area contributed by atoms with E-state index in [1.165, 1.54) is 0 Å². The van der Waals surface area contributed by atoms with Crippen molar-refractivity contribution in [3.8, 4) is 0 Å². The van der Waals surface area contributed by atoms with Crippen molar-refractivity contribution in [3.63, 3.8) is 0 Å². The van der Waals surface area contributed by atoms with Crippen LogP contribution in [0.25, 0.3) is 0 Å². The van der Waals surface area contributed by atoms with Crippen molar-refractivity contribution in [2.75, 3.05) is 13.2 Å². The Balaban J connectivity index is 0.00000178. The van der Waals surface area contributed by atoms with Crippen LogP contribution in [0.4, 0.5) is 4.39 Å². The smallest absolute Gasteiger partial charge is 0.264 e. The molecule has 0 aromatic rings. The van der Waals surface area contributed by atoms with Crippen molar-refractivity contribution in [3.05, 3.63) is 0 Å². The van der Waals surface area contributed by atoms with Gasteiger partial charge in [0.25, 0.3) is 5.91 Å². The maximum atomic E-state index is 13.2. The number of ether oxygens (including phenoxy) is 1. The molecule has 1 unspecified atom stereocenters. The van der Waals surface area contributed by atoms with Gasteiger partial charge in [0.2, 0.25) is 18.2 Å². The van der Waals surface area contributed by atoms with Crippen LogP contribution in [0.3, 0.4) is 0 Å². The number of alkyl halides is 1. The fourth-order valence-electron chi connectivity index (χ4n) is 2.85. The summed E-state index contributed by atoms with van der Waals surface area (Å²) in [6.07, 6.45) is 0.830. The number of amides is 4. The van der Waals surface area contributed by atoms with E-state index in [-0.39, 0.29) is 24.5 Å². The van der Waals surface area contributed by atoms with E-state index in [4.69, 9.17) is 9.53 Å². The standard InChI is InChI=1S/C18H31FN2O4.CH4N2O/c1-6-8-18(4,5)25-11-9-17(2,3)20-14(22)7-10-21-15(23)12-13(19)16(21)24;2-3-1-4/h13H,6-12H2,1-5H3,(H,20,22);1H,2H2,(H,3,4). The predicted octanol–water partition coefficient (Wildman–Crippen LogP) is 0.960. The largest absolute Gasteiger partial charge is 0.375 e. The lowest BCUT2D eigenvalue weighted by atomic mass is 10.00. The number of hydrazine groups is 1. The first-order chi connectivity index (χ1) is 13.4. The lowest BCUT2D eigenvalue weighted by Gasteiger charge is -2.30. The second-order valence-corrected chi connectivity index (χ2v) is 8.13. The molecule has 0 saturated carbocycles. The Labute approximate surface area is 171 Å².